The van der Waals surface area contributed by atoms with Crippen molar-refractivity contribution in [2.24, 2.45) is 0 Å². The van der Waals surface area contributed by atoms with Gasteiger partial charge >= 0.3 is 25.9 Å². The maximum Gasteiger partial charge on any atom is 2.00 e. The van der Waals surface area contributed by atoms with Gasteiger partial charge < -0.3 is 14.4 Å². The van der Waals surface area contributed by atoms with Crippen molar-refractivity contribution in [3.05, 3.63) is 65.5 Å². The van der Waals surface area contributed by atoms with E-state index in [0.29, 0.717) is 36.2 Å². The summed E-state index contributed by atoms with van der Waals surface area (Å²) in [5.74, 6) is 0.953. The summed E-state index contributed by atoms with van der Waals surface area (Å²) in [6.07, 6.45) is 3.59. The van der Waals surface area contributed by atoms with Crippen LogP contribution in [0.25, 0.3) is 0 Å². The van der Waals surface area contributed by atoms with Gasteiger partial charge in [0.05, 0.1) is 11.6 Å². The second-order valence-electron chi connectivity index (χ2n) is 8.40. The molecule has 0 N–H and O–H groups in total. The van der Waals surface area contributed by atoms with Crippen LogP contribution in [0.2, 0.25) is 0 Å². The van der Waals surface area contributed by atoms with Gasteiger partial charge in [-0.25, -0.2) is 4.79 Å². The van der Waals surface area contributed by atoms with E-state index in [9.17, 15) is 4.79 Å². The SMILES string of the molecule is C[C-](Oc1[c-]cccc1C1CCN(C(=O)OC(C)(C)C)CC1)c1ccc(C#N)cn1.[Os+2]. The number of rotatable bonds is 4. The molecule has 164 valence electrons. The number of para-hydroxylation sites is 1. The molecule has 7 heteroatoms. The summed E-state index contributed by atoms with van der Waals surface area (Å²) in [6.45, 7) is 8.78. The fraction of sp³-hybridized carbons (Fsp3) is 0.417. The number of ether oxygens (including phenoxy) is 2. The summed E-state index contributed by atoms with van der Waals surface area (Å²) in [5.41, 5.74) is 1.78. The Labute approximate surface area is 197 Å². The molecule has 0 bridgehead atoms. The number of piperidine rings is 1. The van der Waals surface area contributed by atoms with Crippen LogP contribution in [-0.4, -0.2) is 34.7 Å². The smallest absolute Gasteiger partial charge is 0.570 e. The topological polar surface area (TPSA) is 75.4 Å². The number of carbonyl (C=O) groups is 1. The summed E-state index contributed by atoms with van der Waals surface area (Å²) in [5, 5.41) is 8.93. The van der Waals surface area contributed by atoms with Gasteiger partial charge in [0.25, 0.3) is 0 Å². The molecule has 0 saturated carbocycles. The van der Waals surface area contributed by atoms with Gasteiger partial charge in [-0.1, -0.05) is 18.5 Å². The quantitative estimate of drug-likeness (QED) is 0.473. The Hall–Kier alpha value is -2.56. The Balaban J connectivity index is 0.00000341. The minimum Gasteiger partial charge on any atom is -0.570 e. The molecule has 31 heavy (non-hydrogen) atoms. The van der Waals surface area contributed by atoms with E-state index < -0.39 is 5.60 Å². The first kappa shape index (κ1) is 24.7. The van der Waals surface area contributed by atoms with E-state index >= 15 is 0 Å². The van der Waals surface area contributed by atoms with Crippen LogP contribution in [0.3, 0.4) is 0 Å². The number of amides is 1. The van der Waals surface area contributed by atoms with E-state index in [1.165, 1.54) is 6.20 Å². The molecule has 1 fully saturated rings. The van der Waals surface area contributed by atoms with Gasteiger partial charge in [0.2, 0.25) is 0 Å². The summed E-state index contributed by atoms with van der Waals surface area (Å²) >= 11 is 0. The van der Waals surface area contributed by atoms with Crippen molar-refractivity contribution in [3.8, 4) is 11.8 Å². The van der Waals surface area contributed by atoms with Crippen LogP contribution in [0.4, 0.5) is 4.79 Å². The Morgan fingerprint density at radius 1 is 1.29 bits per heavy atom. The largest absolute Gasteiger partial charge is 2.00 e. The fourth-order valence-electron chi connectivity index (χ4n) is 3.42. The summed E-state index contributed by atoms with van der Waals surface area (Å²) in [4.78, 5) is 18.4. The molecule has 6 nitrogen and oxygen atoms in total. The number of hydrogen-bond donors (Lipinski definition) is 0. The monoisotopic (exact) mass is 597 g/mol. The predicted octanol–water partition coefficient (Wildman–Crippen LogP) is 4.84. The zero-order chi connectivity index (χ0) is 21.7. The number of aromatic nitrogens is 1. The fourth-order valence-corrected chi connectivity index (χ4v) is 3.42. The summed E-state index contributed by atoms with van der Waals surface area (Å²) in [6, 6.07) is 14.6. The number of carbonyl (C=O) groups excluding carboxylic acids is 1. The average Bonchev–Trinajstić information content (AvgIpc) is 2.73. The van der Waals surface area contributed by atoms with E-state index in [1.807, 2.05) is 39.8 Å². The van der Waals surface area contributed by atoms with Crippen LogP contribution in [-0.2, 0) is 24.5 Å². The van der Waals surface area contributed by atoms with Crippen molar-refractivity contribution in [3.63, 3.8) is 0 Å². The number of nitrogens with zero attached hydrogens (tertiary/aromatic N) is 3. The second-order valence-corrected chi connectivity index (χ2v) is 8.40. The van der Waals surface area contributed by atoms with Crippen molar-refractivity contribution < 1.29 is 34.1 Å². The van der Waals surface area contributed by atoms with Crippen molar-refractivity contribution in [1.29, 1.82) is 5.26 Å². The summed E-state index contributed by atoms with van der Waals surface area (Å²) in [7, 11) is 0. The molecule has 1 amide bonds. The molecule has 1 aliphatic rings. The first-order valence-corrected chi connectivity index (χ1v) is 10.1. The van der Waals surface area contributed by atoms with Crippen molar-refractivity contribution in [2.75, 3.05) is 13.1 Å². The normalized spacial score (nSPS) is 14.2. The van der Waals surface area contributed by atoms with Crippen molar-refractivity contribution in [1.82, 2.24) is 9.88 Å². The molecule has 1 saturated heterocycles. The van der Waals surface area contributed by atoms with Gasteiger partial charge in [0.15, 0.2) is 0 Å². The van der Waals surface area contributed by atoms with Gasteiger partial charge in [-0.3, -0.25) is 4.98 Å². The third-order valence-corrected chi connectivity index (χ3v) is 4.94. The van der Waals surface area contributed by atoms with E-state index in [4.69, 9.17) is 14.7 Å². The maximum absolute atomic E-state index is 12.3. The number of pyridine rings is 1. The third-order valence-electron chi connectivity index (χ3n) is 4.94. The number of benzene rings is 1. The molecule has 2 heterocycles. The zero-order valence-corrected chi connectivity index (χ0v) is 20.8. The molecular formula is C24H27N3O3Os. The summed E-state index contributed by atoms with van der Waals surface area (Å²) < 4.78 is 11.6. The molecule has 0 aliphatic carbocycles. The van der Waals surface area contributed by atoms with E-state index in [1.54, 1.807) is 17.0 Å². The molecule has 0 unspecified atom stereocenters. The Kier molecular flexibility index (Phi) is 8.48. The average molecular weight is 596 g/mol. The molecule has 1 aliphatic heterocycles. The minimum atomic E-state index is -0.490. The molecule has 1 aromatic carbocycles. The molecule has 3 rings (SSSR count). The van der Waals surface area contributed by atoms with Crippen molar-refractivity contribution >= 4 is 6.09 Å². The van der Waals surface area contributed by atoms with Gasteiger partial charge in [-0.05, 0) is 45.5 Å². The second kappa shape index (κ2) is 10.6. The van der Waals surface area contributed by atoms with Crippen LogP contribution in [0.15, 0.2) is 36.5 Å². The molecule has 0 radical (unpaired) electrons. The van der Waals surface area contributed by atoms with Crippen LogP contribution in [0, 0.1) is 23.5 Å². The first-order chi connectivity index (χ1) is 14.3. The first-order valence-electron chi connectivity index (χ1n) is 10.1. The molecule has 2 aromatic rings. The predicted molar refractivity (Wildman–Crippen MR) is 113 cm³/mol. The van der Waals surface area contributed by atoms with Gasteiger partial charge in [-0.15, -0.1) is 17.7 Å². The maximum atomic E-state index is 12.3. The Morgan fingerprint density at radius 2 is 2.00 bits per heavy atom. The molecule has 1 aromatic heterocycles. The van der Waals surface area contributed by atoms with Crippen LogP contribution in [0.1, 0.15) is 63.3 Å². The van der Waals surface area contributed by atoms with E-state index in [2.05, 4.69) is 23.2 Å². The van der Waals surface area contributed by atoms with E-state index in [-0.39, 0.29) is 31.8 Å². The van der Waals surface area contributed by atoms with Crippen LogP contribution >= 0.6 is 0 Å². The van der Waals surface area contributed by atoms with Crippen LogP contribution in [0.5, 0.6) is 5.75 Å². The Bertz CT molecular complexity index is 911. The molecule has 0 atom stereocenters. The van der Waals surface area contributed by atoms with Gasteiger partial charge in [-0.2, -0.15) is 29.5 Å². The molecule has 0 spiro atoms. The van der Waals surface area contributed by atoms with Crippen molar-refractivity contribution in [2.45, 2.75) is 52.1 Å². The Morgan fingerprint density at radius 3 is 2.58 bits per heavy atom. The molecular weight excluding hydrogens is 569 g/mol. The standard InChI is InChI=1S/C24H27N3O3.Os/c1-17(21-10-9-18(15-25)16-26-21)29-22-8-6-5-7-20(22)19-11-13-27(14-12-19)23(28)30-24(2,3)4;/h5-7,9-10,16,19H,11-14H2,1-4H3;/q-2;+2. The number of nitriles is 1. The minimum absolute atomic E-state index is 0. The number of hydrogen-bond acceptors (Lipinski definition) is 5. The van der Waals surface area contributed by atoms with Crippen LogP contribution < -0.4 is 4.74 Å². The third kappa shape index (κ3) is 6.71. The van der Waals surface area contributed by atoms with E-state index in [0.717, 1.165) is 18.4 Å². The number of likely N-dealkylation sites (tertiary alicyclic amines) is 1. The van der Waals surface area contributed by atoms with Gasteiger partial charge in [0, 0.05) is 19.3 Å². The zero-order valence-electron chi connectivity index (χ0n) is 18.3. The van der Waals surface area contributed by atoms with Gasteiger partial charge in [0.1, 0.15) is 5.60 Å².